The lowest BCUT2D eigenvalue weighted by atomic mass is 10.3. The van der Waals surface area contributed by atoms with Gasteiger partial charge >= 0.3 is 0 Å². The Hall–Kier alpha value is -0.580. The molecule has 0 aliphatic rings. The number of sulfonamides is 1. The van der Waals surface area contributed by atoms with E-state index in [-0.39, 0.29) is 4.47 Å². The average Bonchev–Trinajstić information content (AvgIpc) is 2.08. The molecule has 1 N–H and O–H groups in total. The van der Waals surface area contributed by atoms with Crippen molar-refractivity contribution in [3.63, 3.8) is 0 Å². The van der Waals surface area contributed by atoms with Gasteiger partial charge in [0.1, 0.15) is 26.4 Å². The van der Waals surface area contributed by atoms with Gasteiger partial charge in [-0.1, -0.05) is 0 Å². The first-order valence-corrected chi connectivity index (χ1v) is 9.60. The van der Waals surface area contributed by atoms with Gasteiger partial charge < -0.3 is 0 Å². The summed E-state index contributed by atoms with van der Waals surface area (Å²) in [7, 11) is -7.71. The Bertz CT molecular complexity index is 696. The third kappa shape index (κ3) is 4.76. The van der Waals surface area contributed by atoms with Crippen LogP contribution in [0.5, 0.6) is 0 Å². The van der Waals surface area contributed by atoms with E-state index in [2.05, 4.69) is 15.9 Å². The molecule has 1 aromatic rings. The van der Waals surface area contributed by atoms with Gasteiger partial charge in [-0.15, -0.1) is 0 Å². The Morgan fingerprint density at radius 2 is 1.80 bits per heavy atom. The largest absolute Gasteiger partial charge is 0.244 e. The van der Waals surface area contributed by atoms with Crippen molar-refractivity contribution in [1.29, 1.82) is 0 Å². The van der Waals surface area contributed by atoms with E-state index in [9.17, 15) is 25.6 Å². The standard InChI is InChI=1S/C10H12BrF2NO4S2/c1-6(5-19(2,15)16)14-20(17,18)10-8(11)3-7(12)4-9(10)13/h3-4,6,14H,5H2,1-2H3. The molecule has 0 aliphatic carbocycles. The summed E-state index contributed by atoms with van der Waals surface area (Å²) in [4.78, 5) is -0.765. The van der Waals surface area contributed by atoms with Crippen molar-refractivity contribution in [2.75, 3.05) is 12.0 Å². The molecule has 114 valence electrons. The Morgan fingerprint density at radius 1 is 1.25 bits per heavy atom. The highest BCUT2D eigenvalue weighted by molar-refractivity contribution is 9.10. The zero-order valence-corrected chi connectivity index (χ0v) is 13.7. The molecule has 1 aromatic carbocycles. The fraction of sp³-hybridized carbons (Fsp3) is 0.400. The number of hydrogen-bond acceptors (Lipinski definition) is 4. The molecule has 0 saturated carbocycles. The Labute approximate surface area is 124 Å². The highest BCUT2D eigenvalue weighted by Crippen LogP contribution is 2.26. The zero-order valence-electron chi connectivity index (χ0n) is 10.5. The zero-order chi connectivity index (χ0) is 15.7. The van der Waals surface area contributed by atoms with Crippen molar-refractivity contribution < 1.29 is 25.6 Å². The van der Waals surface area contributed by atoms with Crippen molar-refractivity contribution >= 4 is 35.8 Å². The molecule has 0 aliphatic heterocycles. The molecule has 0 bridgehead atoms. The third-order valence-electron chi connectivity index (χ3n) is 2.14. The smallest absolute Gasteiger partial charge is 0.229 e. The first kappa shape index (κ1) is 17.5. The summed E-state index contributed by atoms with van der Waals surface area (Å²) in [5, 5.41) is 0. The predicted octanol–water partition coefficient (Wildman–Crippen LogP) is 1.44. The van der Waals surface area contributed by atoms with Gasteiger partial charge in [0.15, 0.2) is 0 Å². The lowest BCUT2D eigenvalue weighted by Crippen LogP contribution is -2.37. The van der Waals surface area contributed by atoms with Gasteiger partial charge in [0.05, 0.1) is 5.75 Å². The maximum Gasteiger partial charge on any atom is 0.244 e. The molecule has 10 heteroatoms. The van der Waals surface area contributed by atoms with Crippen molar-refractivity contribution in [2.45, 2.75) is 17.9 Å². The number of rotatable bonds is 5. The van der Waals surface area contributed by atoms with Crippen LogP contribution in [0.15, 0.2) is 21.5 Å². The highest BCUT2D eigenvalue weighted by Gasteiger charge is 2.26. The molecule has 1 atom stereocenters. The van der Waals surface area contributed by atoms with Crippen LogP contribution in [0.25, 0.3) is 0 Å². The topological polar surface area (TPSA) is 80.3 Å². The summed E-state index contributed by atoms with van der Waals surface area (Å²) < 4.78 is 74.4. The molecular weight excluding hydrogens is 380 g/mol. The van der Waals surface area contributed by atoms with E-state index >= 15 is 0 Å². The van der Waals surface area contributed by atoms with Crippen LogP contribution in [0.2, 0.25) is 0 Å². The number of benzene rings is 1. The Balaban J connectivity index is 3.13. The van der Waals surface area contributed by atoms with Crippen molar-refractivity contribution in [3.05, 3.63) is 28.2 Å². The molecule has 20 heavy (non-hydrogen) atoms. The van der Waals surface area contributed by atoms with Crippen LogP contribution in [0, 0.1) is 11.6 Å². The minimum Gasteiger partial charge on any atom is -0.229 e. The third-order valence-corrected chi connectivity index (χ3v) is 5.80. The quantitative estimate of drug-likeness (QED) is 0.823. The summed E-state index contributed by atoms with van der Waals surface area (Å²) in [5.41, 5.74) is 0. The second-order valence-corrected chi connectivity index (χ2v) is 9.00. The maximum absolute atomic E-state index is 13.6. The maximum atomic E-state index is 13.6. The summed E-state index contributed by atoms with van der Waals surface area (Å²) in [6, 6.07) is 0.283. The highest BCUT2D eigenvalue weighted by atomic mass is 79.9. The summed E-state index contributed by atoms with van der Waals surface area (Å²) >= 11 is 2.77. The van der Waals surface area contributed by atoms with Crippen molar-refractivity contribution in [1.82, 2.24) is 4.72 Å². The SMILES string of the molecule is CC(CS(C)(=O)=O)NS(=O)(=O)c1c(F)cc(F)cc1Br. The fourth-order valence-corrected chi connectivity index (χ4v) is 5.10. The lowest BCUT2D eigenvalue weighted by Gasteiger charge is -2.14. The van der Waals surface area contributed by atoms with E-state index < -0.39 is 48.2 Å². The molecule has 1 rings (SSSR count). The van der Waals surface area contributed by atoms with Gasteiger partial charge in [-0.3, -0.25) is 0 Å². The minimum atomic E-state index is -4.31. The van der Waals surface area contributed by atoms with Gasteiger partial charge in [-0.25, -0.2) is 30.3 Å². The molecule has 0 amide bonds. The molecule has 0 heterocycles. The summed E-state index contributed by atoms with van der Waals surface area (Å²) in [6.07, 6.45) is 0.951. The Morgan fingerprint density at radius 3 is 2.25 bits per heavy atom. The van der Waals surface area contributed by atoms with Crippen LogP contribution in [0.1, 0.15) is 6.92 Å². The van der Waals surface area contributed by atoms with Gasteiger partial charge in [-0.2, -0.15) is 0 Å². The second-order valence-electron chi connectivity index (χ2n) is 4.31. The first-order valence-electron chi connectivity index (χ1n) is 5.27. The van der Waals surface area contributed by atoms with Crippen LogP contribution in [-0.2, 0) is 19.9 Å². The molecule has 0 saturated heterocycles. The molecule has 0 aromatic heterocycles. The average molecular weight is 392 g/mol. The van der Waals surface area contributed by atoms with E-state index in [1.165, 1.54) is 6.92 Å². The van der Waals surface area contributed by atoms with Gasteiger partial charge in [0.25, 0.3) is 0 Å². The monoisotopic (exact) mass is 391 g/mol. The van der Waals surface area contributed by atoms with Crippen molar-refractivity contribution in [3.8, 4) is 0 Å². The molecular formula is C10H12BrF2NO4S2. The molecule has 1 unspecified atom stereocenters. The van der Waals surface area contributed by atoms with E-state index in [1.807, 2.05) is 4.72 Å². The summed E-state index contributed by atoms with van der Waals surface area (Å²) in [5.74, 6) is -2.64. The van der Waals surface area contributed by atoms with Crippen LogP contribution >= 0.6 is 15.9 Å². The van der Waals surface area contributed by atoms with Gasteiger partial charge in [-0.05, 0) is 28.9 Å². The number of sulfone groups is 1. The van der Waals surface area contributed by atoms with Gasteiger partial charge in [0, 0.05) is 22.8 Å². The normalized spacial score (nSPS) is 14.2. The number of halogens is 3. The van der Waals surface area contributed by atoms with Crippen molar-refractivity contribution in [2.24, 2.45) is 0 Å². The second kappa shape index (κ2) is 6.04. The lowest BCUT2D eigenvalue weighted by molar-refractivity contribution is 0.535. The van der Waals surface area contributed by atoms with Crippen LogP contribution in [0.4, 0.5) is 8.78 Å². The van der Waals surface area contributed by atoms with E-state index in [4.69, 9.17) is 0 Å². The van der Waals surface area contributed by atoms with E-state index in [0.29, 0.717) is 6.07 Å². The van der Waals surface area contributed by atoms with Crippen LogP contribution < -0.4 is 4.72 Å². The molecule has 0 spiro atoms. The molecule has 5 nitrogen and oxygen atoms in total. The number of nitrogens with one attached hydrogen (secondary N) is 1. The molecule has 0 radical (unpaired) electrons. The van der Waals surface area contributed by atoms with E-state index in [1.54, 1.807) is 0 Å². The first-order chi connectivity index (χ1) is 8.92. The van der Waals surface area contributed by atoms with Crippen LogP contribution in [0.3, 0.4) is 0 Å². The fourth-order valence-electron chi connectivity index (χ4n) is 1.60. The minimum absolute atomic E-state index is 0.283. The predicted molar refractivity (Wildman–Crippen MR) is 73.6 cm³/mol. The van der Waals surface area contributed by atoms with Crippen LogP contribution in [-0.4, -0.2) is 34.9 Å². The Kier molecular flexibility index (Phi) is 5.28. The molecule has 0 fully saturated rings. The number of hydrogen-bond donors (Lipinski definition) is 1. The van der Waals surface area contributed by atoms with Gasteiger partial charge in [0.2, 0.25) is 10.0 Å². The summed E-state index contributed by atoms with van der Waals surface area (Å²) in [6.45, 7) is 1.33. The van der Waals surface area contributed by atoms with E-state index in [0.717, 1.165) is 12.3 Å².